The van der Waals surface area contributed by atoms with Gasteiger partial charge in [-0.05, 0) is 31.4 Å². The molecule has 1 fully saturated rings. The number of para-hydroxylation sites is 1. The number of rotatable bonds is 3. The second kappa shape index (κ2) is 5.02. The van der Waals surface area contributed by atoms with Crippen LogP contribution in [-0.2, 0) is 11.3 Å². The van der Waals surface area contributed by atoms with Crippen molar-refractivity contribution in [2.45, 2.75) is 31.8 Å². The summed E-state index contributed by atoms with van der Waals surface area (Å²) in [5.41, 5.74) is 6.83. The molecule has 3 nitrogen and oxygen atoms in total. The zero-order chi connectivity index (χ0) is 12.3. The van der Waals surface area contributed by atoms with E-state index in [4.69, 9.17) is 10.5 Å². The van der Waals surface area contributed by atoms with Crippen molar-refractivity contribution in [1.29, 1.82) is 0 Å². The highest BCUT2D eigenvalue weighted by Crippen LogP contribution is 2.22. The number of benzene rings is 1. The Morgan fingerprint density at radius 3 is 2.82 bits per heavy atom. The van der Waals surface area contributed by atoms with Gasteiger partial charge < -0.3 is 15.8 Å². The Kier molecular flexibility index (Phi) is 3.64. The molecule has 94 valence electrons. The normalized spacial score (nSPS) is 19.2. The quantitative estimate of drug-likeness (QED) is 0.792. The first-order chi connectivity index (χ1) is 8.11. The Morgan fingerprint density at radius 2 is 2.12 bits per heavy atom. The molecule has 0 amide bonds. The summed E-state index contributed by atoms with van der Waals surface area (Å²) >= 11 is 0. The van der Waals surface area contributed by atoms with Crippen molar-refractivity contribution in [3.8, 4) is 0 Å². The number of hydrogen-bond acceptors (Lipinski definition) is 3. The van der Waals surface area contributed by atoms with Crippen LogP contribution in [0.3, 0.4) is 0 Å². The molecule has 0 unspecified atom stereocenters. The number of ether oxygens (including phenoxy) is 1. The Bertz CT molecular complexity index is 389. The molecule has 1 aliphatic rings. The molecule has 1 saturated heterocycles. The maximum atomic E-state index is 13.3. The zero-order valence-corrected chi connectivity index (χ0v) is 10.1. The van der Waals surface area contributed by atoms with Gasteiger partial charge in [-0.25, -0.2) is 4.39 Å². The van der Waals surface area contributed by atoms with E-state index in [1.165, 1.54) is 6.07 Å². The van der Waals surface area contributed by atoms with E-state index in [0.29, 0.717) is 6.54 Å². The van der Waals surface area contributed by atoms with E-state index in [2.05, 4.69) is 12.2 Å². The van der Waals surface area contributed by atoms with Crippen LogP contribution in [0.1, 0.15) is 25.3 Å². The van der Waals surface area contributed by atoms with Crippen LogP contribution in [0, 0.1) is 5.82 Å². The number of nitrogen functional groups attached to an aromatic ring is 1. The molecule has 0 aliphatic carbocycles. The third-order valence-corrected chi connectivity index (χ3v) is 3.45. The molecule has 0 bridgehead atoms. The summed E-state index contributed by atoms with van der Waals surface area (Å²) in [7, 11) is 0. The van der Waals surface area contributed by atoms with E-state index in [9.17, 15) is 4.39 Å². The van der Waals surface area contributed by atoms with Gasteiger partial charge in [0.2, 0.25) is 0 Å². The molecule has 2 rings (SSSR count). The summed E-state index contributed by atoms with van der Waals surface area (Å²) in [5, 5.41) is 3.46. The first-order valence-corrected chi connectivity index (χ1v) is 5.96. The van der Waals surface area contributed by atoms with Gasteiger partial charge in [0.1, 0.15) is 5.82 Å². The largest absolute Gasteiger partial charge is 0.396 e. The fourth-order valence-electron chi connectivity index (χ4n) is 2.04. The summed E-state index contributed by atoms with van der Waals surface area (Å²) in [4.78, 5) is 0. The highest BCUT2D eigenvalue weighted by atomic mass is 19.1. The van der Waals surface area contributed by atoms with E-state index in [-0.39, 0.29) is 17.0 Å². The summed E-state index contributed by atoms with van der Waals surface area (Å²) < 4.78 is 18.6. The van der Waals surface area contributed by atoms with Crippen LogP contribution in [0.25, 0.3) is 0 Å². The molecule has 1 aromatic rings. The minimum atomic E-state index is -0.346. The number of nitrogens with one attached hydrogen (secondary N) is 1. The zero-order valence-electron chi connectivity index (χ0n) is 10.1. The first-order valence-electron chi connectivity index (χ1n) is 5.96. The molecule has 3 N–H and O–H groups in total. The Balaban J connectivity index is 1.99. The predicted molar refractivity (Wildman–Crippen MR) is 66.1 cm³/mol. The van der Waals surface area contributed by atoms with Gasteiger partial charge in [0.15, 0.2) is 0 Å². The minimum absolute atomic E-state index is 0.0665. The Labute approximate surface area is 101 Å². The van der Waals surface area contributed by atoms with Crippen molar-refractivity contribution in [2.75, 3.05) is 18.9 Å². The lowest BCUT2D eigenvalue weighted by Crippen LogP contribution is -2.46. The fourth-order valence-corrected chi connectivity index (χ4v) is 2.04. The van der Waals surface area contributed by atoms with Crippen LogP contribution in [0.4, 0.5) is 10.1 Å². The average molecular weight is 238 g/mol. The van der Waals surface area contributed by atoms with Crippen molar-refractivity contribution >= 4 is 5.69 Å². The van der Waals surface area contributed by atoms with E-state index < -0.39 is 0 Å². The van der Waals surface area contributed by atoms with Crippen LogP contribution < -0.4 is 11.1 Å². The van der Waals surface area contributed by atoms with Gasteiger partial charge in [-0.2, -0.15) is 0 Å². The topological polar surface area (TPSA) is 47.3 Å². The monoisotopic (exact) mass is 238 g/mol. The third-order valence-electron chi connectivity index (χ3n) is 3.45. The second-order valence-electron chi connectivity index (χ2n) is 4.84. The van der Waals surface area contributed by atoms with Crippen LogP contribution in [-0.4, -0.2) is 18.8 Å². The molecule has 1 aromatic carbocycles. The van der Waals surface area contributed by atoms with Crippen molar-refractivity contribution in [3.05, 3.63) is 29.6 Å². The molecular formula is C13H19FN2O. The Hall–Kier alpha value is -1.13. The van der Waals surface area contributed by atoms with E-state index in [1.807, 2.05) is 6.07 Å². The maximum Gasteiger partial charge on any atom is 0.146 e. The molecule has 0 spiro atoms. The molecule has 1 heterocycles. The summed E-state index contributed by atoms with van der Waals surface area (Å²) in [6, 6.07) is 4.93. The summed E-state index contributed by atoms with van der Waals surface area (Å²) in [6.07, 6.45) is 1.95. The lowest BCUT2D eigenvalue weighted by atomic mass is 9.92. The second-order valence-corrected chi connectivity index (χ2v) is 4.84. The third kappa shape index (κ3) is 2.96. The molecule has 0 atom stereocenters. The van der Waals surface area contributed by atoms with E-state index in [1.54, 1.807) is 6.07 Å². The SMILES string of the molecule is CC1(NCc2cccc(F)c2N)CCOCC1. The molecule has 4 heteroatoms. The fraction of sp³-hybridized carbons (Fsp3) is 0.538. The van der Waals surface area contributed by atoms with Crippen molar-refractivity contribution < 1.29 is 9.13 Å². The first kappa shape index (κ1) is 12.3. The molecular weight excluding hydrogens is 219 g/mol. The Morgan fingerprint density at radius 1 is 1.41 bits per heavy atom. The molecule has 17 heavy (non-hydrogen) atoms. The van der Waals surface area contributed by atoms with Crippen molar-refractivity contribution in [3.63, 3.8) is 0 Å². The standard InChI is InChI=1S/C13H19FN2O/c1-13(5-7-17-8-6-13)16-9-10-3-2-4-11(14)12(10)15/h2-4,16H,5-9,15H2,1H3. The van der Waals surface area contributed by atoms with Crippen LogP contribution in [0.15, 0.2) is 18.2 Å². The van der Waals surface area contributed by atoms with E-state index >= 15 is 0 Å². The van der Waals surface area contributed by atoms with E-state index in [0.717, 1.165) is 31.6 Å². The van der Waals surface area contributed by atoms with Crippen LogP contribution in [0.5, 0.6) is 0 Å². The average Bonchev–Trinajstić information content (AvgIpc) is 2.32. The molecule has 1 aliphatic heterocycles. The summed E-state index contributed by atoms with van der Waals surface area (Å²) in [6.45, 7) is 4.33. The van der Waals surface area contributed by atoms with Gasteiger partial charge in [-0.15, -0.1) is 0 Å². The van der Waals surface area contributed by atoms with Gasteiger partial charge in [0.25, 0.3) is 0 Å². The predicted octanol–water partition coefficient (Wildman–Crippen LogP) is 2.07. The molecule has 0 saturated carbocycles. The van der Waals surface area contributed by atoms with Gasteiger partial charge in [0, 0.05) is 25.3 Å². The highest BCUT2D eigenvalue weighted by Gasteiger charge is 2.26. The smallest absolute Gasteiger partial charge is 0.146 e. The van der Waals surface area contributed by atoms with Gasteiger partial charge >= 0.3 is 0 Å². The molecule has 0 aromatic heterocycles. The minimum Gasteiger partial charge on any atom is -0.396 e. The maximum absolute atomic E-state index is 13.3. The lowest BCUT2D eigenvalue weighted by molar-refractivity contribution is 0.0446. The van der Waals surface area contributed by atoms with Gasteiger partial charge in [0.05, 0.1) is 5.69 Å². The number of halogens is 1. The lowest BCUT2D eigenvalue weighted by Gasteiger charge is -2.34. The van der Waals surface area contributed by atoms with Crippen molar-refractivity contribution in [1.82, 2.24) is 5.32 Å². The van der Waals surface area contributed by atoms with Gasteiger partial charge in [-0.3, -0.25) is 0 Å². The number of anilines is 1. The highest BCUT2D eigenvalue weighted by molar-refractivity contribution is 5.47. The van der Waals surface area contributed by atoms with Crippen molar-refractivity contribution in [2.24, 2.45) is 0 Å². The molecule has 0 radical (unpaired) electrons. The number of hydrogen-bond donors (Lipinski definition) is 2. The summed E-state index contributed by atoms with van der Waals surface area (Å²) in [5.74, 6) is -0.346. The number of nitrogens with two attached hydrogens (primary N) is 1. The van der Waals surface area contributed by atoms with Crippen LogP contribution in [0.2, 0.25) is 0 Å². The van der Waals surface area contributed by atoms with Crippen LogP contribution >= 0.6 is 0 Å². The van der Waals surface area contributed by atoms with Gasteiger partial charge in [-0.1, -0.05) is 12.1 Å².